The van der Waals surface area contributed by atoms with Gasteiger partial charge in [-0.05, 0) is 48.2 Å². The Morgan fingerprint density at radius 1 is 1.14 bits per heavy atom. The minimum absolute atomic E-state index is 0.0886. The van der Waals surface area contributed by atoms with Crippen molar-refractivity contribution in [2.75, 3.05) is 13.7 Å². The number of benzene rings is 2. The molecule has 0 spiro atoms. The molecule has 1 amide bonds. The fourth-order valence-corrected chi connectivity index (χ4v) is 2.79. The molecule has 0 fully saturated rings. The van der Waals surface area contributed by atoms with E-state index in [4.69, 9.17) is 4.74 Å². The van der Waals surface area contributed by atoms with Crippen molar-refractivity contribution in [2.45, 2.75) is 12.6 Å². The second-order valence-electron chi connectivity index (χ2n) is 6.16. The van der Waals surface area contributed by atoms with E-state index in [2.05, 4.69) is 10.3 Å². The molecule has 8 heteroatoms. The van der Waals surface area contributed by atoms with Crippen LogP contribution in [0.25, 0.3) is 10.9 Å². The van der Waals surface area contributed by atoms with Crippen LogP contribution in [0.2, 0.25) is 0 Å². The lowest BCUT2D eigenvalue weighted by Crippen LogP contribution is -2.27. The highest BCUT2D eigenvalue weighted by atomic mass is 19.4. The van der Waals surface area contributed by atoms with Crippen LogP contribution in [0.15, 0.2) is 53.3 Å². The Morgan fingerprint density at radius 2 is 1.93 bits per heavy atom. The van der Waals surface area contributed by atoms with Gasteiger partial charge in [-0.25, -0.2) is 0 Å². The maximum absolute atomic E-state index is 12.7. The van der Waals surface area contributed by atoms with Crippen molar-refractivity contribution in [1.82, 2.24) is 10.3 Å². The first-order valence-electron chi connectivity index (χ1n) is 8.43. The fourth-order valence-electron chi connectivity index (χ4n) is 2.79. The minimum Gasteiger partial charge on any atom is -0.497 e. The van der Waals surface area contributed by atoms with Gasteiger partial charge in [-0.15, -0.1) is 0 Å². The van der Waals surface area contributed by atoms with Crippen LogP contribution in [-0.4, -0.2) is 24.5 Å². The van der Waals surface area contributed by atoms with Crippen LogP contribution in [0.3, 0.4) is 0 Å². The van der Waals surface area contributed by atoms with E-state index >= 15 is 0 Å². The smallest absolute Gasteiger partial charge is 0.416 e. The molecule has 0 bridgehead atoms. The third-order valence-corrected chi connectivity index (χ3v) is 4.26. The first kappa shape index (κ1) is 19.5. The summed E-state index contributed by atoms with van der Waals surface area (Å²) in [5.74, 6) is -0.0164. The molecule has 2 N–H and O–H groups in total. The Labute approximate surface area is 158 Å². The topological polar surface area (TPSA) is 71.2 Å². The molecule has 0 saturated carbocycles. The summed E-state index contributed by atoms with van der Waals surface area (Å²) in [6.45, 7) is 0.111. The number of pyridine rings is 1. The number of hydrogen-bond acceptors (Lipinski definition) is 3. The van der Waals surface area contributed by atoms with Crippen molar-refractivity contribution in [3.05, 3.63) is 75.6 Å². The lowest BCUT2D eigenvalue weighted by molar-refractivity contribution is -0.137. The second kappa shape index (κ2) is 7.75. The number of rotatable bonds is 5. The van der Waals surface area contributed by atoms with Gasteiger partial charge in [0.05, 0.1) is 18.2 Å². The number of carbonyl (C=O) groups is 1. The van der Waals surface area contributed by atoms with Gasteiger partial charge in [-0.1, -0.05) is 6.07 Å². The SMILES string of the molecule is COc1ccc2cc(CCNC(=O)c3cccc(C(F)(F)F)c3)c(=O)[nH]c2c1. The molecule has 0 unspecified atom stereocenters. The molecule has 28 heavy (non-hydrogen) atoms. The summed E-state index contributed by atoms with van der Waals surface area (Å²) in [7, 11) is 1.53. The largest absolute Gasteiger partial charge is 0.497 e. The zero-order valence-corrected chi connectivity index (χ0v) is 14.9. The van der Waals surface area contributed by atoms with Crippen molar-refractivity contribution in [3.8, 4) is 5.75 Å². The molecule has 0 aliphatic rings. The van der Waals surface area contributed by atoms with Crippen LogP contribution in [0.1, 0.15) is 21.5 Å². The van der Waals surface area contributed by atoms with Crippen molar-refractivity contribution in [3.63, 3.8) is 0 Å². The predicted octanol–water partition coefficient (Wildman–Crippen LogP) is 3.53. The lowest BCUT2D eigenvalue weighted by atomic mass is 10.1. The molecule has 1 aromatic heterocycles. The molecule has 3 aromatic rings. The summed E-state index contributed by atoms with van der Waals surface area (Å²) in [6, 6.07) is 11.2. The van der Waals surface area contributed by atoms with E-state index in [0.29, 0.717) is 16.8 Å². The quantitative estimate of drug-likeness (QED) is 0.700. The molecule has 1 heterocycles. The number of aromatic amines is 1. The molecular weight excluding hydrogens is 373 g/mol. The third kappa shape index (κ3) is 4.33. The number of H-pyrrole nitrogens is 1. The Hall–Kier alpha value is -3.29. The van der Waals surface area contributed by atoms with Gasteiger partial charge in [0.15, 0.2) is 0 Å². The Bertz CT molecular complexity index is 1070. The van der Waals surface area contributed by atoms with Crippen LogP contribution in [0, 0.1) is 0 Å². The van der Waals surface area contributed by atoms with Crippen molar-refractivity contribution in [1.29, 1.82) is 0 Å². The second-order valence-corrected chi connectivity index (χ2v) is 6.16. The van der Waals surface area contributed by atoms with Crippen LogP contribution < -0.4 is 15.6 Å². The highest BCUT2D eigenvalue weighted by Gasteiger charge is 2.30. The van der Waals surface area contributed by atoms with Gasteiger partial charge in [0.1, 0.15) is 5.75 Å². The summed E-state index contributed by atoms with van der Waals surface area (Å²) >= 11 is 0. The molecule has 0 saturated heterocycles. The molecule has 146 valence electrons. The van der Waals surface area contributed by atoms with Crippen LogP contribution in [0.4, 0.5) is 13.2 Å². The summed E-state index contributed by atoms with van der Waals surface area (Å²) in [4.78, 5) is 27.1. The summed E-state index contributed by atoms with van der Waals surface area (Å²) < 4.78 is 43.4. The van der Waals surface area contributed by atoms with E-state index in [1.807, 2.05) is 0 Å². The van der Waals surface area contributed by atoms with Crippen molar-refractivity contribution in [2.24, 2.45) is 0 Å². The van der Waals surface area contributed by atoms with Crippen LogP contribution >= 0.6 is 0 Å². The van der Waals surface area contributed by atoms with Gasteiger partial charge in [-0.3, -0.25) is 9.59 Å². The van der Waals surface area contributed by atoms with Gasteiger partial charge >= 0.3 is 6.18 Å². The van der Waals surface area contributed by atoms with E-state index in [-0.39, 0.29) is 24.1 Å². The number of nitrogens with one attached hydrogen (secondary N) is 2. The van der Waals surface area contributed by atoms with E-state index in [0.717, 1.165) is 17.5 Å². The van der Waals surface area contributed by atoms with Crippen LogP contribution in [0.5, 0.6) is 5.75 Å². The maximum Gasteiger partial charge on any atom is 0.416 e. The molecule has 2 aromatic carbocycles. The Kier molecular flexibility index (Phi) is 5.39. The molecule has 5 nitrogen and oxygen atoms in total. The van der Waals surface area contributed by atoms with Gasteiger partial charge in [0, 0.05) is 23.7 Å². The zero-order chi connectivity index (χ0) is 20.3. The monoisotopic (exact) mass is 390 g/mol. The third-order valence-electron chi connectivity index (χ3n) is 4.26. The van der Waals surface area contributed by atoms with Gasteiger partial charge < -0.3 is 15.0 Å². The molecule has 0 aliphatic heterocycles. The number of ether oxygens (including phenoxy) is 1. The highest BCUT2D eigenvalue weighted by Crippen LogP contribution is 2.29. The van der Waals surface area contributed by atoms with E-state index < -0.39 is 17.6 Å². The van der Waals surface area contributed by atoms with Gasteiger partial charge in [-0.2, -0.15) is 13.2 Å². The van der Waals surface area contributed by atoms with Gasteiger partial charge in [0.25, 0.3) is 11.5 Å². The number of alkyl halides is 3. The van der Waals surface area contributed by atoms with Gasteiger partial charge in [0.2, 0.25) is 0 Å². The number of methoxy groups -OCH3 is 1. The number of fused-ring (bicyclic) bond motifs is 1. The zero-order valence-electron chi connectivity index (χ0n) is 14.9. The van der Waals surface area contributed by atoms with Crippen LogP contribution in [-0.2, 0) is 12.6 Å². The number of halogens is 3. The number of hydrogen-bond donors (Lipinski definition) is 2. The van der Waals surface area contributed by atoms with E-state index in [1.165, 1.54) is 19.2 Å². The summed E-state index contributed by atoms with van der Waals surface area (Å²) in [5, 5.41) is 3.35. The van der Waals surface area contributed by atoms with Crippen molar-refractivity contribution < 1.29 is 22.7 Å². The average Bonchev–Trinajstić information content (AvgIpc) is 2.67. The average molecular weight is 390 g/mol. The standard InChI is InChI=1S/C20H17F3N2O3/c1-28-16-6-5-12-9-14(19(27)25-17(12)11-16)7-8-24-18(26)13-3-2-4-15(10-13)20(21,22)23/h2-6,9-11H,7-8H2,1H3,(H,24,26)(H,25,27). The number of amides is 1. The number of aromatic nitrogens is 1. The highest BCUT2D eigenvalue weighted by molar-refractivity contribution is 5.94. The molecular formula is C20H17F3N2O3. The molecule has 0 radical (unpaired) electrons. The lowest BCUT2D eigenvalue weighted by Gasteiger charge is -2.09. The Balaban J connectivity index is 1.69. The normalized spacial score (nSPS) is 11.4. The summed E-state index contributed by atoms with van der Waals surface area (Å²) in [6.07, 6.45) is -4.28. The molecule has 0 aliphatic carbocycles. The maximum atomic E-state index is 12.7. The fraction of sp³-hybridized carbons (Fsp3) is 0.200. The Morgan fingerprint density at radius 3 is 2.64 bits per heavy atom. The first-order chi connectivity index (χ1) is 13.3. The van der Waals surface area contributed by atoms with E-state index in [1.54, 1.807) is 24.3 Å². The van der Waals surface area contributed by atoms with E-state index in [9.17, 15) is 22.8 Å². The molecule has 0 atom stereocenters. The van der Waals surface area contributed by atoms with Crippen molar-refractivity contribution >= 4 is 16.8 Å². The molecule has 3 rings (SSSR count). The summed E-state index contributed by atoms with van der Waals surface area (Å²) in [5.41, 5.74) is -0.187. The first-order valence-corrected chi connectivity index (χ1v) is 8.43. The number of carbonyl (C=O) groups excluding carboxylic acids is 1. The predicted molar refractivity (Wildman–Crippen MR) is 98.6 cm³/mol. The minimum atomic E-state index is -4.52.